The topological polar surface area (TPSA) is 83.5 Å². The average Bonchev–Trinajstić information content (AvgIpc) is 2.90. The molecule has 7 heteroatoms. The molecule has 1 atom stereocenters. The molecule has 0 spiro atoms. The van der Waals surface area contributed by atoms with E-state index in [1.165, 1.54) is 0 Å². The smallest absolute Gasteiger partial charge is 0.184 e. The lowest BCUT2D eigenvalue weighted by Gasteiger charge is -2.27. The van der Waals surface area contributed by atoms with Crippen LogP contribution in [0.5, 0.6) is 17.2 Å². The van der Waals surface area contributed by atoms with Gasteiger partial charge in [-0.15, -0.1) is 0 Å². The first kappa shape index (κ1) is 27.6. The van der Waals surface area contributed by atoms with Gasteiger partial charge in [-0.2, -0.15) is 0 Å². The lowest BCUT2D eigenvalue weighted by molar-refractivity contribution is -0.112. The number of aromatic hydroxyl groups is 1. The van der Waals surface area contributed by atoms with E-state index >= 15 is 0 Å². The van der Waals surface area contributed by atoms with Gasteiger partial charge in [-0.25, -0.2) is 0 Å². The number of carbonyl (C=O) groups excluding carboxylic acids is 1. The molecule has 2 aromatic carbocycles. The van der Waals surface area contributed by atoms with E-state index in [0.717, 1.165) is 27.8 Å². The molecule has 2 aliphatic rings. The zero-order valence-corrected chi connectivity index (χ0v) is 22.5. The van der Waals surface area contributed by atoms with E-state index in [2.05, 4.69) is 0 Å². The third-order valence-corrected chi connectivity index (χ3v) is 6.51. The number of aryl methyl sites for hydroxylation is 2. The first-order valence-corrected chi connectivity index (χ1v) is 12.9. The van der Waals surface area contributed by atoms with Crippen molar-refractivity contribution < 1.29 is 33.6 Å². The number of fused-ring (bicyclic) bond motifs is 1. The summed E-state index contributed by atoms with van der Waals surface area (Å²) in [4.78, 5) is 12.6. The maximum absolute atomic E-state index is 12.6. The van der Waals surface area contributed by atoms with E-state index < -0.39 is 6.10 Å². The van der Waals surface area contributed by atoms with Gasteiger partial charge in [0.2, 0.25) is 0 Å². The largest absolute Gasteiger partial charge is 0.507 e. The molecule has 0 saturated carbocycles. The quantitative estimate of drug-likeness (QED) is 0.588. The van der Waals surface area contributed by atoms with E-state index in [-0.39, 0.29) is 18.1 Å². The summed E-state index contributed by atoms with van der Waals surface area (Å²) >= 11 is 0. The molecule has 1 aliphatic carbocycles. The molecule has 0 radical (unpaired) electrons. The van der Waals surface area contributed by atoms with Crippen LogP contribution < -0.4 is 9.47 Å². The van der Waals surface area contributed by atoms with Crippen LogP contribution in [0, 0.1) is 13.8 Å². The van der Waals surface area contributed by atoms with Gasteiger partial charge in [-0.3, -0.25) is 4.79 Å². The molecule has 1 unspecified atom stereocenters. The van der Waals surface area contributed by atoms with Crippen molar-refractivity contribution >= 4 is 11.4 Å². The van der Waals surface area contributed by atoms with Crippen molar-refractivity contribution in [2.24, 2.45) is 0 Å². The molecule has 4 rings (SSSR count). The Morgan fingerprint density at radius 2 is 1.34 bits per heavy atom. The van der Waals surface area contributed by atoms with Crippen molar-refractivity contribution in [1.82, 2.24) is 0 Å². The minimum Gasteiger partial charge on any atom is -0.507 e. The Kier molecular flexibility index (Phi) is 9.39. The fourth-order valence-electron chi connectivity index (χ4n) is 4.59. The normalized spacial score (nSPS) is 19.6. The van der Waals surface area contributed by atoms with Crippen molar-refractivity contribution in [3.05, 3.63) is 82.0 Å². The SMILES string of the molecule is CC1=CC(=C(c2cc(C)c(O)c(C)c2)C2COCCOCCOCCOc3ccccc3O2)C=C(C)C1=O. The van der Waals surface area contributed by atoms with Crippen LogP contribution in [0.25, 0.3) is 5.57 Å². The summed E-state index contributed by atoms with van der Waals surface area (Å²) < 4.78 is 29.9. The second-order valence-corrected chi connectivity index (χ2v) is 9.51. The summed E-state index contributed by atoms with van der Waals surface area (Å²) in [5.74, 6) is 1.45. The standard InChI is InChI=1S/C31H36O7/c1-20-15-24(16-21(2)30(20)32)29(25-17-22(3)31(33)23(4)18-25)28-19-36-12-11-34-9-10-35-13-14-37-26-7-5-6-8-27(26)38-28/h5-8,15-18,28,32H,9-14,19H2,1-4H3. The predicted octanol–water partition coefficient (Wildman–Crippen LogP) is 5.13. The van der Waals surface area contributed by atoms with Gasteiger partial charge in [0.1, 0.15) is 18.5 Å². The number of hydrogen-bond donors (Lipinski definition) is 1. The zero-order valence-electron chi connectivity index (χ0n) is 22.5. The maximum atomic E-state index is 12.6. The Labute approximate surface area is 224 Å². The van der Waals surface area contributed by atoms with Gasteiger partial charge in [0.15, 0.2) is 17.3 Å². The number of rotatable bonds is 2. The van der Waals surface area contributed by atoms with Crippen molar-refractivity contribution in [3.8, 4) is 17.2 Å². The molecule has 2 aromatic rings. The number of carbonyl (C=O) groups is 1. The number of para-hydroxylation sites is 2. The van der Waals surface area contributed by atoms with Crippen LogP contribution in [0.15, 0.2) is 65.3 Å². The highest BCUT2D eigenvalue weighted by Crippen LogP contribution is 2.37. The van der Waals surface area contributed by atoms with Crippen LogP contribution >= 0.6 is 0 Å². The molecule has 0 saturated heterocycles. The predicted molar refractivity (Wildman–Crippen MR) is 146 cm³/mol. The summed E-state index contributed by atoms with van der Waals surface area (Å²) in [6.45, 7) is 10.2. The Morgan fingerprint density at radius 3 is 1.97 bits per heavy atom. The second kappa shape index (κ2) is 12.9. The molecule has 0 fully saturated rings. The third kappa shape index (κ3) is 6.72. The van der Waals surface area contributed by atoms with Crippen LogP contribution in [0.4, 0.5) is 0 Å². The highest BCUT2D eigenvalue weighted by molar-refractivity contribution is 6.10. The second-order valence-electron chi connectivity index (χ2n) is 9.51. The first-order valence-electron chi connectivity index (χ1n) is 12.9. The molecule has 1 heterocycles. The van der Waals surface area contributed by atoms with Crippen LogP contribution in [0.2, 0.25) is 0 Å². The van der Waals surface area contributed by atoms with E-state index in [9.17, 15) is 9.90 Å². The third-order valence-electron chi connectivity index (χ3n) is 6.51. The summed E-state index contributed by atoms with van der Waals surface area (Å²) in [6, 6.07) is 11.4. The number of allylic oxidation sites excluding steroid dienone is 5. The molecule has 0 amide bonds. The van der Waals surface area contributed by atoms with Gasteiger partial charge < -0.3 is 28.8 Å². The minimum atomic E-state index is -0.555. The Bertz CT molecular complexity index is 1210. The number of ketones is 1. The molecular weight excluding hydrogens is 484 g/mol. The number of phenolic OH excluding ortho intramolecular Hbond substituents is 1. The number of Topliss-reactive ketones (excluding diaryl/α,β-unsaturated/α-hetero) is 1. The highest BCUT2D eigenvalue weighted by Gasteiger charge is 2.26. The Balaban J connectivity index is 1.84. The van der Waals surface area contributed by atoms with Crippen molar-refractivity contribution in [3.63, 3.8) is 0 Å². The first-order chi connectivity index (χ1) is 18.3. The van der Waals surface area contributed by atoms with Crippen molar-refractivity contribution in [1.29, 1.82) is 0 Å². The molecule has 202 valence electrons. The van der Waals surface area contributed by atoms with Crippen LogP contribution in [0.3, 0.4) is 0 Å². The number of benzene rings is 2. The van der Waals surface area contributed by atoms with E-state index in [1.807, 2.05) is 76.2 Å². The summed E-state index contributed by atoms with van der Waals surface area (Å²) in [5, 5.41) is 10.5. The Hall–Kier alpha value is -3.39. The van der Waals surface area contributed by atoms with Gasteiger partial charge >= 0.3 is 0 Å². The fraction of sp³-hybridized carbons (Fsp3) is 0.387. The molecule has 7 nitrogen and oxygen atoms in total. The van der Waals surface area contributed by atoms with E-state index in [4.69, 9.17) is 23.7 Å². The summed E-state index contributed by atoms with van der Waals surface area (Å²) in [6.07, 6.45) is 3.23. The number of ether oxygens (including phenoxy) is 5. The van der Waals surface area contributed by atoms with Gasteiger partial charge in [0.05, 0.1) is 39.6 Å². The van der Waals surface area contributed by atoms with Gasteiger partial charge in [-0.05, 0) is 97.5 Å². The van der Waals surface area contributed by atoms with Crippen LogP contribution in [-0.2, 0) is 19.0 Å². The molecule has 38 heavy (non-hydrogen) atoms. The van der Waals surface area contributed by atoms with Gasteiger partial charge in [-0.1, -0.05) is 12.1 Å². The lowest BCUT2D eigenvalue weighted by Crippen LogP contribution is -2.27. The van der Waals surface area contributed by atoms with Crippen LogP contribution in [-0.4, -0.2) is 63.2 Å². The fourth-order valence-corrected chi connectivity index (χ4v) is 4.59. The minimum absolute atomic E-state index is 0.0171. The van der Waals surface area contributed by atoms with Crippen LogP contribution in [0.1, 0.15) is 30.5 Å². The van der Waals surface area contributed by atoms with Crippen molar-refractivity contribution in [2.45, 2.75) is 33.8 Å². The molecule has 0 aromatic heterocycles. The molecule has 0 bridgehead atoms. The summed E-state index contributed by atoms with van der Waals surface area (Å²) in [7, 11) is 0. The van der Waals surface area contributed by atoms with Crippen molar-refractivity contribution in [2.75, 3.05) is 46.2 Å². The average molecular weight is 521 g/mol. The highest BCUT2D eigenvalue weighted by atomic mass is 16.6. The summed E-state index contributed by atoms with van der Waals surface area (Å²) in [5.41, 5.74) is 5.40. The number of hydrogen-bond acceptors (Lipinski definition) is 7. The zero-order chi connectivity index (χ0) is 27.1. The maximum Gasteiger partial charge on any atom is 0.184 e. The molecule has 1 aliphatic heterocycles. The van der Waals surface area contributed by atoms with Gasteiger partial charge in [0, 0.05) is 5.57 Å². The van der Waals surface area contributed by atoms with Gasteiger partial charge in [0.25, 0.3) is 0 Å². The monoisotopic (exact) mass is 520 g/mol. The van der Waals surface area contributed by atoms with E-state index in [1.54, 1.807) is 0 Å². The lowest BCUT2D eigenvalue weighted by atomic mass is 9.87. The number of phenols is 1. The van der Waals surface area contributed by atoms with E-state index in [0.29, 0.717) is 62.3 Å². The molecular formula is C31H36O7. The molecule has 1 N–H and O–H groups in total. The Morgan fingerprint density at radius 1 is 0.789 bits per heavy atom.